The summed E-state index contributed by atoms with van der Waals surface area (Å²) in [7, 11) is 1.29. The van der Waals surface area contributed by atoms with Gasteiger partial charge in [0.15, 0.2) is 0 Å². The molecule has 1 unspecified atom stereocenters. The molecule has 0 aliphatic carbocycles. The van der Waals surface area contributed by atoms with E-state index in [1.165, 1.54) is 7.11 Å². The zero-order valence-corrected chi connectivity index (χ0v) is 10.8. The van der Waals surface area contributed by atoms with E-state index >= 15 is 0 Å². The van der Waals surface area contributed by atoms with Crippen molar-refractivity contribution in [3.8, 4) is 0 Å². The molecule has 6 heteroatoms. The number of carbonyl (C=O) groups excluding carboxylic acids is 2. The lowest BCUT2D eigenvalue weighted by atomic mass is 10.2. The molecule has 0 spiro atoms. The molecule has 0 saturated heterocycles. The summed E-state index contributed by atoms with van der Waals surface area (Å²) in [5.74, 6) is -0.808. The molecule has 0 aromatic carbocycles. The Labute approximate surface area is 101 Å². The molecular weight excluding hydrogens is 226 g/mol. The first kappa shape index (κ1) is 15.9. The Balaban J connectivity index is 3.75. The maximum absolute atomic E-state index is 11.3. The molecule has 0 aromatic rings. The van der Waals surface area contributed by atoms with E-state index in [0.29, 0.717) is 0 Å². The van der Waals surface area contributed by atoms with Gasteiger partial charge in [-0.1, -0.05) is 0 Å². The average Bonchev–Trinajstić information content (AvgIpc) is 2.13. The summed E-state index contributed by atoms with van der Waals surface area (Å²) in [6.45, 7) is 5.44. The molecule has 100 valence electrons. The molecule has 0 heterocycles. The van der Waals surface area contributed by atoms with Gasteiger partial charge in [0.05, 0.1) is 26.6 Å². The van der Waals surface area contributed by atoms with Crippen molar-refractivity contribution in [2.24, 2.45) is 5.73 Å². The van der Waals surface area contributed by atoms with Gasteiger partial charge in [0.25, 0.3) is 0 Å². The van der Waals surface area contributed by atoms with Crippen molar-refractivity contribution in [3.05, 3.63) is 0 Å². The molecule has 0 aromatic heterocycles. The Morgan fingerprint density at radius 1 is 1.24 bits per heavy atom. The number of nitrogens with two attached hydrogens (primary N) is 1. The van der Waals surface area contributed by atoms with Crippen molar-refractivity contribution < 1.29 is 23.8 Å². The quantitative estimate of drug-likeness (QED) is 0.545. The highest BCUT2D eigenvalue weighted by Gasteiger charge is 2.19. The predicted octanol–water partition coefficient (Wildman–Crippen LogP) is 0.583. The average molecular weight is 247 g/mol. The number of carbonyl (C=O) groups is 2. The van der Waals surface area contributed by atoms with Crippen LogP contribution in [0.15, 0.2) is 0 Å². The fourth-order valence-corrected chi connectivity index (χ4v) is 1.00. The summed E-state index contributed by atoms with van der Waals surface area (Å²) in [5.41, 5.74) is 5.01. The molecule has 0 rings (SSSR count). The predicted molar refractivity (Wildman–Crippen MR) is 61.0 cm³/mol. The van der Waals surface area contributed by atoms with E-state index in [-0.39, 0.29) is 25.4 Å². The molecule has 6 nitrogen and oxygen atoms in total. The topological polar surface area (TPSA) is 87.9 Å². The number of hydrogen-bond acceptors (Lipinski definition) is 6. The normalized spacial score (nSPS) is 13.0. The molecule has 0 amide bonds. The Morgan fingerprint density at radius 3 is 2.29 bits per heavy atom. The summed E-state index contributed by atoms with van der Waals surface area (Å²) in [4.78, 5) is 22.1. The molecule has 0 aliphatic heterocycles. The molecule has 0 saturated carbocycles. The van der Waals surface area contributed by atoms with Crippen molar-refractivity contribution >= 4 is 11.9 Å². The fourth-order valence-electron chi connectivity index (χ4n) is 1.00. The van der Waals surface area contributed by atoms with E-state index < -0.39 is 17.8 Å². The van der Waals surface area contributed by atoms with Gasteiger partial charge in [0.2, 0.25) is 0 Å². The molecule has 0 aliphatic rings. The molecule has 1 atom stereocenters. The van der Waals surface area contributed by atoms with Crippen LogP contribution in [0.2, 0.25) is 0 Å². The maximum atomic E-state index is 11.3. The third kappa shape index (κ3) is 9.77. The lowest BCUT2D eigenvalue weighted by molar-refractivity contribution is -0.158. The number of esters is 2. The van der Waals surface area contributed by atoms with Crippen molar-refractivity contribution in [2.45, 2.75) is 45.4 Å². The van der Waals surface area contributed by atoms with Crippen LogP contribution < -0.4 is 5.73 Å². The van der Waals surface area contributed by atoms with E-state index in [2.05, 4.69) is 4.74 Å². The Bertz CT molecular complexity index is 259. The van der Waals surface area contributed by atoms with Crippen LogP contribution in [-0.2, 0) is 23.8 Å². The summed E-state index contributed by atoms with van der Waals surface area (Å²) >= 11 is 0. The Morgan fingerprint density at radius 2 is 1.82 bits per heavy atom. The number of rotatable bonds is 6. The molecule has 0 bridgehead atoms. The zero-order valence-electron chi connectivity index (χ0n) is 10.8. The molecule has 2 N–H and O–H groups in total. The number of ether oxygens (including phenoxy) is 3. The SMILES string of the molecule is COC(=O)CCOC(N)CC(=O)OC(C)(C)C. The molecule has 0 fully saturated rings. The minimum Gasteiger partial charge on any atom is -0.469 e. The first-order valence-corrected chi connectivity index (χ1v) is 5.40. The van der Waals surface area contributed by atoms with Crippen LogP contribution in [-0.4, -0.2) is 37.5 Å². The van der Waals surface area contributed by atoms with Crippen LogP contribution in [0, 0.1) is 0 Å². The van der Waals surface area contributed by atoms with Gasteiger partial charge in [0, 0.05) is 0 Å². The van der Waals surface area contributed by atoms with E-state index in [0.717, 1.165) is 0 Å². The smallest absolute Gasteiger partial charge is 0.310 e. The van der Waals surface area contributed by atoms with Gasteiger partial charge in [-0.25, -0.2) is 0 Å². The number of hydrogen-bond donors (Lipinski definition) is 1. The lowest BCUT2D eigenvalue weighted by Gasteiger charge is -2.20. The van der Waals surface area contributed by atoms with Crippen molar-refractivity contribution in [1.82, 2.24) is 0 Å². The van der Waals surface area contributed by atoms with Crippen molar-refractivity contribution in [2.75, 3.05) is 13.7 Å². The number of methoxy groups -OCH3 is 1. The minimum absolute atomic E-state index is 0.0432. The van der Waals surface area contributed by atoms with Gasteiger partial charge in [-0.15, -0.1) is 0 Å². The van der Waals surface area contributed by atoms with Crippen molar-refractivity contribution in [3.63, 3.8) is 0 Å². The highest BCUT2D eigenvalue weighted by molar-refractivity contribution is 5.70. The van der Waals surface area contributed by atoms with Crippen LogP contribution >= 0.6 is 0 Å². The van der Waals surface area contributed by atoms with Gasteiger partial charge in [-0.3, -0.25) is 9.59 Å². The third-order valence-corrected chi connectivity index (χ3v) is 1.65. The van der Waals surface area contributed by atoms with Gasteiger partial charge in [-0.2, -0.15) is 0 Å². The first-order chi connectivity index (χ1) is 7.74. The second-order valence-corrected chi connectivity index (χ2v) is 4.53. The van der Waals surface area contributed by atoms with Gasteiger partial charge in [0.1, 0.15) is 11.8 Å². The summed E-state index contributed by atoms with van der Waals surface area (Å²) < 4.78 is 14.6. The zero-order chi connectivity index (χ0) is 13.5. The fraction of sp³-hybridized carbons (Fsp3) is 0.818. The summed E-state index contributed by atoms with van der Waals surface area (Å²) in [5, 5.41) is 0. The molecular formula is C11H21NO5. The van der Waals surface area contributed by atoms with Crippen LogP contribution in [0.5, 0.6) is 0 Å². The maximum Gasteiger partial charge on any atom is 0.310 e. The second-order valence-electron chi connectivity index (χ2n) is 4.53. The van der Waals surface area contributed by atoms with Crippen molar-refractivity contribution in [1.29, 1.82) is 0 Å². The Hall–Kier alpha value is -1.14. The van der Waals surface area contributed by atoms with Gasteiger partial charge >= 0.3 is 11.9 Å². The molecule has 17 heavy (non-hydrogen) atoms. The van der Waals surface area contributed by atoms with Crippen LogP contribution in [0.1, 0.15) is 33.6 Å². The summed E-state index contributed by atoms with van der Waals surface area (Å²) in [6, 6.07) is 0. The van der Waals surface area contributed by atoms with Gasteiger partial charge in [-0.05, 0) is 20.8 Å². The van der Waals surface area contributed by atoms with E-state index in [1.54, 1.807) is 20.8 Å². The molecule has 0 radical (unpaired) electrons. The first-order valence-electron chi connectivity index (χ1n) is 5.40. The van der Waals surface area contributed by atoms with Crippen LogP contribution in [0.3, 0.4) is 0 Å². The largest absolute Gasteiger partial charge is 0.469 e. The summed E-state index contributed by atoms with van der Waals surface area (Å²) in [6.07, 6.45) is -0.703. The highest BCUT2D eigenvalue weighted by atomic mass is 16.6. The second kappa shape index (κ2) is 7.24. The van der Waals surface area contributed by atoms with Crippen LogP contribution in [0.4, 0.5) is 0 Å². The monoisotopic (exact) mass is 247 g/mol. The van der Waals surface area contributed by atoms with Crippen LogP contribution in [0.25, 0.3) is 0 Å². The van der Waals surface area contributed by atoms with E-state index in [4.69, 9.17) is 15.2 Å². The third-order valence-electron chi connectivity index (χ3n) is 1.65. The Kier molecular flexibility index (Phi) is 6.75. The van der Waals surface area contributed by atoms with E-state index in [1.807, 2.05) is 0 Å². The van der Waals surface area contributed by atoms with E-state index in [9.17, 15) is 9.59 Å². The lowest BCUT2D eigenvalue weighted by Crippen LogP contribution is -2.32. The minimum atomic E-state index is -0.769. The standard InChI is InChI=1S/C11H21NO5/c1-11(2,3)17-10(14)7-8(12)16-6-5-9(13)15-4/h8H,5-7,12H2,1-4H3. The highest BCUT2D eigenvalue weighted by Crippen LogP contribution is 2.09. The van der Waals surface area contributed by atoms with Gasteiger partial charge < -0.3 is 19.9 Å².